The van der Waals surface area contributed by atoms with E-state index in [2.05, 4.69) is 28.9 Å². The van der Waals surface area contributed by atoms with E-state index in [4.69, 9.17) is 11.0 Å². The Bertz CT molecular complexity index is 430. The standard InChI is InChI=1S/C14H20N4/c1-2-12(11-15)17-7-9-18(10-8-17)14-6-4-3-5-13(14)16/h3-6,12H,2,7-10,16H2,1H3. The van der Waals surface area contributed by atoms with Gasteiger partial charge in [-0.05, 0) is 18.6 Å². The van der Waals surface area contributed by atoms with Crippen LogP contribution < -0.4 is 10.6 Å². The van der Waals surface area contributed by atoms with Crippen LogP contribution in [0.15, 0.2) is 24.3 Å². The lowest BCUT2D eigenvalue weighted by molar-refractivity contribution is 0.216. The van der Waals surface area contributed by atoms with E-state index in [1.165, 1.54) is 0 Å². The molecule has 1 aliphatic rings. The second-order valence-electron chi connectivity index (χ2n) is 4.63. The van der Waals surface area contributed by atoms with E-state index in [-0.39, 0.29) is 6.04 Å². The van der Waals surface area contributed by atoms with E-state index in [1.54, 1.807) is 0 Å². The molecule has 1 unspecified atom stereocenters. The van der Waals surface area contributed by atoms with Crippen molar-refractivity contribution in [2.45, 2.75) is 19.4 Å². The summed E-state index contributed by atoms with van der Waals surface area (Å²) in [5.41, 5.74) is 7.94. The van der Waals surface area contributed by atoms with E-state index in [1.807, 2.05) is 18.2 Å². The highest BCUT2D eigenvalue weighted by Gasteiger charge is 2.23. The van der Waals surface area contributed by atoms with Crippen molar-refractivity contribution in [3.63, 3.8) is 0 Å². The minimum atomic E-state index is 0.0558. The summed E-state index contributed by atoms with van der Waals surface area (Å²) < 4.78 is 0. The van der Waals surface area contributed by atoms with Crippen LogP contribution in [0.5, 0.6) is 0 Å². The predicted octanol–water partition coefficient (Wildman–Crippen LogP) is 1.69. The molecule has 0 aliphatic carbocycles. The van der Waals surface area contributed by atoms with E-state index >= 15 is 0 Å². The summed E-state index contributed by atoms with van der Waals surface area (Å²) in [6.45, 7) is 5.80. The van der Waals surface area contributed by atoms with Crippen molar-refractivity contribution < 1.29 is 0 Å². The molecule has 1 aromatic carbocycles. The number of nitrogens with zero attached hydrogens (tertiary/aromatic N) is 3. The van der Waals surface area contributed by atoms with Crippen molar-refractivity contribution in [1.82, 2.24) is 4.90 Å². The van der Waals surface area contributed by atoms with Gasteiger partial charge in [0, 0.05) is 26.2 Å². The summed E-state index contributed by atoms with van der Waals surface area (Å²) in [7, 11) is 0. The number of nitrogen functional groups attached to an aromatic ring is 1. The first-order valence-corrected chi connectivity index (χ1v) is 6.49. The Kier molecular flexibility index (Phi) is 4.06. The van der Waals surface area contributed by atoms with Crippen LogP contribution in [0.2, 0.25) is 0 Å². The van der Waals surface area contributed by atoms with Gasteiger partial charge in [-0.1, -0.05) is 19.1 Å². The zero-order chi connectivity index (χ0) is 13.0. The van der Waals surface area contributed by atoms with Crippen LogP contribution in [0.4, 0.5) is 11.4 Å². The molecule has 1 fully saturated rings. The molecule has 0 spiro atoms. The first-order valence-electron chi connectivity index (χ1n) is 6.49. The number of piperazine rings is 1. The van der Waals surface area contributed by atoms with Gasteiger partial charge in [0.25, 0.3) is 0 Å². The maximum atomic E-state index is 9.08. The summed E-state index contributed by atoms with van der Waals surface area (Å²) in [6.07, 6.45) is 0.893. The summed E-state index contributed by atoms with van der Waals surface area (Å²) in [6, 6.07) is 10.4. The molecule has 0 saturated carbocycles. The summed E-state index contributed by atoms with van der Waals surface area (Å²) in [5.74, 6) is 0. The van der Waals surface area contributed by atoms with Gasteiger partial charge in [0.2, 0.25) is 0 Å². The quantitative estimate of drug-likeness (QED) is 0.822. The SMILES string of the molecule is CCC(C#N)N1CCN(c2ccccc2N)CC1. The zero-order valence-electron chi connectivity index (χ0n) is 10.8. The number of anilines is 2. The molecule has 0 amide bonds. The maximum absolute atomic E-state index is 9.08. The molecule has 1 aliphatic heterocycles. The molecule has 0 bridgehead atoms. The second kappa shape index (κ2) is 5.74. The molecule has 2 rings (SSSR count). The van der Waals surface area contributed by atoms with Crippen molar-refractivity contribution in [2.75, 3.05) is 36.8 Å². The van der Waals surface area contributed by atoms with Gasteiger partial charge in [0.05, 0.1) is 23.5 Å². The monoisotopic (exact) mass is 244 g/mol. The molecule has 0 radical (unpaired) electrons. The van der Waals surface area contributed by atoms with Gasteiger partial charge < -0.3 is 10.6 Å². The highest BCUT2D eigenvalue weighted by Crippen LogP contribution is 2.24. The van der Waals surface area contributed by atoms with Gasteiger partial charge in [-0.3, -0.25) is 4.90 Å². The Labute approximate surface area is 109 Å². The zero-order valence-corrected chi connectivity index (χ0v) is 10.8. The lowest BCUT2D eigenvalue weighted by Gasteiger charge is -2.38. The first-order chi connectivity index (χ1) is 8.76. The fourth-order valence-electron chi connectivity index (χ4n) is 2.48. The molecule has 0 aromatic heterocycles. The third-order valence-corrected chi connectivity index (χ3v) is 3.57. The number of nitrogens with two attached hydrogens (primary N) is 1. The Morgan fingerprint density at radius 1 is 1.28 bits per heavy atom. The molecule has 96 valence electrons. The van der Waals surface area contributed by atoms with Crippen molar-refractivity contribution in [3.05, 3.63) is 24.3 Å². The maximum Gasteiger partial charge on any atom is 0.0976 e. The van der Waals surface area contributed by atoms with Crippen molar-refractivity contribution in [3.8, 4) is 6.07 Å². The van der Waals surface area contributed by atoms with E-state index in [0.29, 0.717) is 0 Å². The van der Waals surface area contributed by atoms with Crippen LogP contribution in [0.1, 0.15) is 13.3 Å². The van der Waals surface area contributed by atoms with Crippen LogP contribution >= 0.6 is 0 Å². The smallest absolute Gasteiger partial charge is 0.0976 e. The van der Waals surface area contributed by atoms with Crippen LogP contribution in [-0.2, 0) is 0 Å². The van der Waals surface area contributed by atoms with Gasteiger partial charge in [-0.2, -0.15) is 5.26 Å². The number of para-hydroxylation sites is 2. The Morgan fingerprint density at radius 2 is 1.94 bits per heavy atom. The first kappa shape index (κ1) is 12.7. The third-order valence-electron chi connectivity index (χ3n) is 3.57. The van der Waals surface area contributed by atoms with Crippen molar-refractivity contribution in [1.29, 1.82) is 5.26 Å². The Morgan fingerprint density at radius 3 is 2.50 bits per heavy atom. The predicted molar refractivity (Wildman–Crippen MR) is 74.3 cm³/mol. The molecular formula is C14H20N4. The highest BCUT2D eigenvalue weighted by molar-refractivity contribution is 5.67. The molecule has 1 heterocycles. The number of benzene rings is 1. The molecule has 1 saturated heterocycles. The second-order valence-corrected chi connectivity index (χ2v) is 4.63. The lowest BCUT2D eigenvalue weighted by atomic mass is 10.1. The Hall–Kier alpha value is -1.73. The fraction of sp³-hybridized carbons (Fsp3) is 0.500. The van der Waals surface area contributed by atoms with E-state index in [0.717, 1.165) is 44.0 Å². The van der Waals surface area contributed by atoms with Crippen LogP contribution in [0, 0.1) is 11.3 Å². The summed E-state index contributed by atoms with van der Waals surface area (Å²) in [5, 5.41) is 9.08. The third kappa shape index (κ3) is 2.57. The molecule has 1 aromatic rings. The number of hydrogen-bond donors (Lipinski definition) is 1. The Balaban J connectivity index is 1.99. The average molecular weight is 244 g/mol. The normalized spacial score (nSPS) is 18.3. The largest absolute Gasteiger partial charge is 0.397 e. The van der Waals surface area contributed by atoms with Gasteiger partial charge in [-0.15, -0.1) is 0 Å². The topological polar surface area (TPSA) is 56.3 Å². The van der Waals surface area contributed by atoms with Crippen LogP contribution in [0.25, 0.3) is 0 Å². The van der Waals surface area contributed by atoms with E-state index in [9.17, 15) is 0 Å². The molecule has 1 atom stereocenters. The molecule has 2 N–H and O–H groups in total. The van der Waals surface area contributed by atoms with Crippen molar-refractivity contribution in [2.24, 2.45) is 0 Å². The lowest BCUT2D eigenvalue weighted by Crippen LogP contribution is -2.50. The summed E-state index contributed by atoms with van der Waals surface area (Å²) >= 11 is 0. The van der Waals surface area contributed by atoms with E-state index < -0.39 is 0 Å². The number of hydrogen-bond acceptors (Lipinski definition) is 4. The van der Waals surface area contributed by atoms with Gasteiger partial charge in [0.1, 0.15) is 0 Å². The van der Waals surface area contributed by atoms with Gasteiger partial charge in [0.15, 0.2) is 0 Å². The van der Waals surface area contributed by atoms with Gasteiger partial charge >= 0.3 is 0 Å². The fourth-order valence-corrected chi connectivity index (χ4v) is 2.48. The highest BCUT2D eigenvalue weighted by atomic mass is 15.3. The van der Waals surface area contributed by atoms with Crippen LogP contribution in [0.3, 0.4) is 0 Å². The minimum Gasteiger partial charge on any atom is -0.397 e. The molecular weight excluding hydrogens is 224 g/mol. The molecule has 18 heavy (non-hydrogen) atoms. The number of rotatable bonds is 3. The van der Waals surface area contributed by atoms with Crippen molar-refractivity contribution >= 4 is 11.4 Å². The molecule has 4 heteroatoms. The van der Waals surface area contributed by atoms with Gasteiger partial charge in [-0.25, -0.2) is 0 Å². The van der Waals surface area contributed by atoms with Crippen LogP contribution in [-0.4, -0.2) is 37.1 Å². The average Bonchev–Trinajstić information content (AvgIpc) is 2.42. The number of nitriles is 1. The molecule has 4 nitrogen and oxygen atoms in total. The summed E-state index contributed by atoms with van der Waals surface area (Å²) in [4.78, 5) is 4.56. The minimum absolute atomic E-state index is 0.0558.